The Hall–Kier alpha value is -2.04. The van der Waals surface area contributed by atoms with Crippen LogP contribution >= 0.6 is 24.0 Å². The first-order valence-corrected chi connectivity index (χ1v) is 10.4. The fourth-order valence-corrected chi connectivity index (χ4v) is 2.58. The summed E-state index contributed by atoms with van der Waals surface area (Å²) in [6.45, 7) is 8.28. The summed E-state index contributed by atoms with van der Waals surface area (Å²) in [5.41, 5.74) is 0.571. The van der Waals surface area contributed by atoms with Crippen LogP contribution in [0.4, 0.5) is 5.69 Å². The number of benzene rings is 1. The molecule has 0 saturated heterocycles. The number of guanidine groups is 1. The fraction of sp³-hybridized carbons (Fsp3) is 0.591. The van der Waals surface area contributed by atoms with Gasteiger partial charge in [-0.2, -0.15) is 0 Å². The third-order valence-corrected chi connectivity index (χ3v) is 4.68. The molecule has 0 atom stereocenters. The van der Waals surface area contributed by atoms with E-state index in [0.717, 1.165) is 13.0 Å². The highest BCUT2D eigenvalue weighted by molar-refractivity contribution is 14.0. The number of aliphatic imine (C=N–C) groups is 1. The van der Waals surface area contributed by atoms with Gasteiger partial charge in [-0.05, 0) is 39.3 Å². The molecular formula is C22H39IN6O2. The number of hydrogen-bond donors (Lipinski definition) is 3. The smallest absolute Gasteiger partial charge is 0.243 e. The van der Waals surface area contributed by atoms with Crippen LogP contribution in [0.3, 0.4) is 0 Å². The Labute approximate surface area is 204 Å². The molecule has 0 aliphatic rings. The predicted molar refractivity (Wildman–Crippen MR) is 139 cm³/mol. The molecule has 0 aliphatic carbocycles. The summed E-state index contributed by atoms with van der Waals surface area (Å²) in [5, 5.41) is 9.33. The second kappa shape index (κ2) is 14.9. The van der Waals surface area contributed by atoms with Gasteiger partial charge in [0.15, 0.2) is 5.96 Å². The van der Waals surface area contributed by atoms with Crippen LogP contribution in [0.2, 0.25) is 0 Å². The normalized spacial score (nSPS) is 11.2. The van der Waals surface area contributed by atoms with Gasteiger partial charge in [-0.15, -0.1) is 24.0 Å². The molecule has 8 nitrogen and oxygen atoms in total. The standard InChI is InChI=1S/C22H38N6O2.HI/c1-7-23-20(30)22(2,3)17-26-21(25-16-19(29)27(4)5)24-14-11-15-28(6)18-12-9-8-10-13-18;/h8-10,12-13H,7,11,14-17H2,1-6H3,(H,23,30)(H2,24,25,26);1H. The molecule has 3 N–H and O–H groups in total. The van der Waals surface area contributed by atoms with E-state index in [1.165, 1.54) is 10.6 Å². The Kier molecular flexibility index (Phi) is 13.9. The summed E-state index contributed by atoms with van der Waals surface area (Å²) in [6.07, 6.45) is 0.896. The van der Waals surface area contributed by atoms with Gasteiger partial charge >= 0.3 is 0 Å². The van der Waals surface area contributed by atoms with E-state index >= 15 is 0 Å². The highest BCUT2D eigenvalue weighted by Gasteiger charge is 2.27. The lowest BCUT2D eigenvalue weighted by molar-refractivity contribution is -0.129. The van der Waals surface area contributed by atoms with E-state index in [1.54, 1.807) is 14.1 Å². The minimum absolute atomic E-state index is 0. The van der Waals surface area contributed by atoms with Gasteiger partial charge in [0.25, 0.3) is 0 Å². The Morgan fingerprint density at radius 1 is 1.03 bits per heavy atom. The monoisotopic (exact) mass is 546 g/mol. The van der Waals surface area contributed by atoms with E-state index in [-0.39, 0.29) is 42.3 Å². The van der Waals surface area contributed by atoms with Gasteiger partial charge in [-0.25, -0.2) is 4.99 Å². The Morgan fingerprint density at radius 3 is 2.26 bits per heavy atom. The molecule has 0 bridgehead atoms. The molecule has 0 fully saturated rings. The third-order valence-electron chi connectivity index (χ3n) is 4.68. The molecule has 0 radical (unpaired) electrons. The van der Waals surface area contributed by atoms with Gasteiger partial charge in [0, 0.05) is 53.0 Å². The largest absolute Gasteiger partial charge is 0.375 e. The molecule has 176 valence electrons. The zero-order chi connectivity index (χ0) is 22.6. The number of nitrogens with one attached hydrogen (secondary N) is 3. The van der Waals surface area contributed by atoms with Crippen molar-refractivity contribution in [3.05, 3.63) is 30.3 Å². The van der Waals surface area contributed by atoms with Crippen molar-refractivity contribution in [3.63, 3.8) is 0 Å². The lowest BCUT2D eigenvalue weighted by Crippen LogP contribution is -2.48. The van der Waals surface area contributed by atoms with E-state index in [4.69, 9.17) is 0 Å². The molecule has 2 amide bonds. The van der Waals surface area contributed by atoms with Gasteiger partial charge in [0.05, 0.1) is 5.41 Å². The summed E-state index contributed by atoms with van der Waals surface area (Å²) >= 11 is 0. The zero-order valence-electron chi connectivity index (χ0n) is 19.7. The van der Waals surface area contributed by atoms with Crippen molar-refractivity contribution >= 4 is 47.4 Å². The molecule has 0 spiro atoms. The molecule has 0 saturated carbocycles. The number of nitrogens with zero attached hydrogens (tertiary/aromatic N) is 3. The van der Waals surface area contributed by atoms with Crippen LogP contribution in [0.25, 0.3) is 0 Å². The molecular weight excluding hydrogens is 507 g/mol. The fourth-order valence-electron chi connectivity index (χ4n) is 2.58. The number of carbonyl (C=O) groups excluding carboxylic acids is 2. The quantitative estimate of drug-likeness (QED) is 0.171. The highest BCUT2D eigenvalue weighted by atomic mass is 127. The first-order valence-electron chi connectivity index (χ1n) is 10.4. The molecule has 9 heteroatoms. The van der Waals surface area contributed by atoms with Crippen molar-refractivity contribution in [1.29, 1.82) is 0 Å². The number of likely N-dealkylation sites (N-methyl/N-ethyl adjacent to an activating group) is 1. The zero-order valence-corrected chi connectivity index (χ0v) is 22.0. The van der Waals surface area contributed by atoms with Crippen LogP contribution < -0.4 is 20.9 Å². The summed E-state index contributed by atoms with van der Waals surface area (Å²) in [6, 6.07) is 10.2. The first-order chi connectivity index (χ1) is 14.2. The molecule has 0 heterocycles. The van der Waals surface area contributed by atoms with Crippen molar-refractivity contribution in [1.82, 2.24) is 20.9 Å². The van der Waals surface area contributed by atoms with Crippen LogP contribution in [-0.2, 0) is 9.59 Å². The van der Waals surface area contributed by atoms with Crippen molar-refractivity contribution in [2.75, 3.05) is 58.8 Å². The van der Waals surface area contributed by atoms with Crippen LogP contribution in [0.15, 0.2) is 35.3 Å². The number of halogens is 1. The molecule has 0 unspecified atom stereocenters. The number of amides is 2. The number of para-hydroxylation sites is 1. The summed E-state index contributed by atoms with van der Waals surface area (Å²) in [4.78, 5) is 32.2. The Bertz CT molecular complexity index is 695. The lowest BCUT2D eigenvalue weighted by Gasteiger charge is -2.25. The number of rotatable bonds is 11. The van der Waals surface area contributed by atoms with Crippen LogP contribution in [0.5, 0.6) is 0 Å². The minimum atomic E-state index is -0.600. The van der Waals surface area contributed by atoms with Gasteiger partial charge in [0.1, 0.15) is 6.54 Å². The Balaban J connectivity index is 0.00000900. The maximum atomic E-state index is 12.2. The van der Waals surface area contributed by atoms with E-state index in [2.05, 4.69) is 45.0 Å². The Morgan fingerprint density at radius 2 is 1.68 bits per heavy atom. The third kappa shape index (κ3) is 11.2. The average Bonchev–Trinajstić information content (AvgIpc) is 2.72. The van der Waals surface area contributed by atoms with E-state index in [9.17, 15) is 9.59 Å². The lowest BCUT2D eigenvalue weighted by atomic mass is 9.92. The molecule has 1 rings (SSSR count). The second-order valence-corrected chi connectivity index (χ2v) is 8.09. The molecule has 0 aliphatic heterocycles. The van der Waals surface area contributed by atoms with E-state index in [1.807, 2.05) is 39.0 Å². The molecule has 31 heavy (non-hydrogen) atoms. The highest BCUT2D eigenvalue weighted by Crippen LogP contribution is 2.13. The molecule has 1 aromatic carbocycles. The van der Waals surface area contributed by atoms with Crippen molar-refractivity contribution < 1.29 is 9.59 Å². The maximum Gasteiger partial charge on any atom is 0.243 e. The van der Waals surface area contributed by atoms with Gasteiger partial charge < -0.3 is 25.8 Å². The SMILES string of the molecule is CCNC(=O)C(C)(C)CNC(=NCC(=O)N(C)C)NCCCN(C)c1ccccc1.I. The van der Waals surface area contributed by atoms with Crippen molar-refractivity contribution in [3.8, 4) is 0 Å². The van der Waals surface area contributed by atoms with E-state index < -0.39 is 5.41 Å². The van der Waals surface area contributed by atoms with Crippen LogP contribution in [0, 0.1) is 5.41 Å². The van der Waals surface area contributed by atoms with E-state index in [0.29, 0.717) is 25.6 Å². The van der Waals surface area contributed by atoms with Crippen LogP contribution in [0.1, 0.15) is 27.2 Å². The van der Waals surface area contributed by atoms with Crippen molar-refractivity contribution in [2.24, 2.45) is 10.4 Å². The summed E-state index contributed by atoms with van der Waals surface area (Å²) in [5.74, 6) is 0.429. The number of carbonyl (C=O) groups is 2. The summed E-state index contributed by atoms with van der Waals surface area (Å²) in [7, 11) is 5.47. The van der Waals surface area contributed by atoms with Gasteiger partial charge in [-0.1, -0.05) is 18.2 Å². The second-order valence-electron chi connectivity index (χ2n) is 8.09. The number of anilines is 1. The predicted octanol–water partition coefficient (Wildman–Crippen LogP) is 1.92. The molecule has 1 aromatic rings. The molecule has 0 aromatic heterocycles. The van der Waals surface area contributed by atoms with Gasteiger partial charge in [-0.3, -0.25) is 9.59 Å². The maximum absolute atomic E-state index is 12.2. The minimum Gasteiger partial charge on any atom is -0.375 e. The topological polar surface area (TPSA) is 89.1 Å². The van der Waals surface area contributed by atoms with Crippen LogP contribution in [-0.4, -0.2) is 76.5 Å². The van der Waals surface area contributed by atoms with Gasteiger partial charge in [0.2, 0.25) is 11.8 Å². The average molecular weight is 546 g/mol. The first kappa shape index (κ1) is 29.0. The number of hydrogen-bond acceptors (Lipinski definition) is 4. The summed E-state index contributed by atoms with van der Waals surface area (Å²) < 4.78 is 0. The van der Waals surface area contributed by atoms with Crippen molar-refractivity contribution in [2.45, 2.75) is 27.2 Å².